The smallest absolute Gasteiger partial charge is 0.331 e. The average Bonchev–Trinajstić information content (AvgIpc) is 3.15. The molecule has 0 saturated carbocycles. The lowest BCUT2D eigenvalue weighted by Crippen LogP contribution is -2.40. The molecule has 0 unspecified atom stereocenters. The maximum Gasteiger partial charge on any atom is 0.331 e. The van der Waals surface area contributed by atoms with Crippen molar-refractivity contribution in [3.63, 3.8) is 0 Å². The van der Waals surface area contributed by atoms with Crippen molar-refractivity contribution < 1.29 is 9.84 Å². The Balaban J connectivity index is 2.03. The monoisotopic (exact) mass is 445 g/mol. The summed E-state index contributed by atoms with van der Waals surface area (Å²) in [6, 6.07) is 15.1. The number of hydrogen-bond donors (Lipinski definition) is 1. The summed E-state index contributed by atoms with van der Waals surface area (Å²) < 4.78 is 11.1. The molecule has 33 heavy (non-hydrogen) atoms. The number of fused-ring (bicyclic) bond motifs is 3. The third-order valence-electron chi connectivity index (χ3n) is 6.61. The molecule has 1 N–H and O–H groups in total. The van der Waals surface area contributed by atoms with Gasteiger partial charge in [0.05, 0.1) is 34.4 Å². The fraction of sp³-hybridized carbons (Fsp3) is 0.308. The zero-order valence-corrected chi connectivity index (χ0v) is 19.4. The van der Waals surface area contributed by atoms with E-state index in [2.05, 4.69) is 18.4 Å². The lowest BCUT2D eigenvalue weighted by Gasteiger charge is -2.39. The van der Waals surface area contributed by atoms with Crippen molar-refractivity contribution >= 4 is 10.9 Å². The van der Waals surface area contributed by atoms with Gasteiger partial charge in [0.2, 0.25) is 0 Å². The Kier molecular flexibility index (Phi) is 4.65. The summed E-state index contributed by atoms with van der Waals surface area (Å²) in [7, 11) is 3.18. The zero-order chi connectivity index (χ0) is 23.7. The fourth-order valence-corrected chi connectivity index (χ4v) is 4.93. The normalized spacial score (nSPS) is 17.3. The number of benzene rings is 2. The lowest BCUT2D eigenvalue weighted by atomic mass is 9.97. The number of para-hydroxylation sites is 1. The Bertz CT molecular complexity index is 1520. The standard InChI is InChI=1S/C26H27N3O4/c1-15-10-12-16(13-11-15)20-19-21(27(4)25(32)28(5)24(19)31)22-23(17-8-6-7-9-18(17)30)33-14-26(2,3)29(20)22/h6-13,23,30H,14H2,1-5H3/t23-/m0/s1. The quantitative estimate of drug-likeness (QED) is 0.512. The molecule has 5 rings (SSSR count). The van der Waals surface area contributed by atoms with E-state index in [4.69, 9.17) is 4.74 Å². The predicted octanol–water partition coefficient (Wildman–Crippen LogP) is 3.57. The molecule has 1 aliphatic rings. The van der Waals surface area contributed by atoms with Gasteiger partial charge in [0.1, 0.15) is 11.9 Å². The van der Waals surface area contributed by atoms with Gasteiger partial charge in [-0.15, -0.1) is 0 Å². The van der Waals surface area contributed by atoms with Gasteiger partial charge in [0, 0.05) is 19.7 Å². The molecule has 3 heterocycles. The Hall–Kier alpha value is -3.58. The summed E-state index contributed by atoms with van der Waals surface area (Å²) in [5.41, 5.74) is 3.31. The molecular formula is C26H27N3O4. The van der Waals surface area contributed by atoms with Crippen LogP contribution in [0.1, 0.15) is 36.8 Å². The molecule has 4 aromatic rings. The number of aryl methyl sites for hydroxylation is 2. The maximum atomic E-state index is 13.5. The minimum Gasteiger partial charge on any atom is -0.508 e. The van der Waals surface area contributed by atoms with E-state index < -0.39 is 17.3 Å². The van der Waals surface area contributed by atoms with Gasteiger partial charge in [0.15, 0.2) is 0 Å². The van der Waals surface area contributed by atoms with Crippen LogP contribution in [0.4, 0.5) is 0 Å². The Labute approximate surface area is 191 Å². The van der Waals surface area contributed by atoms with E-state index >= 15 is 0 Å². The summed E-state index contributed by atoms with van der Waals surface area (Å²) >= 11 is 0. The highest BCUT2D eigenvalue weighted by Gasteiger charge is 2.41. The van der Waals surface area contributed by atoms with Crippen LogP contribution in [0.25, 0.3) is 22.2 Å². The van der Waals surface area contributed by atoms with Gasteiger partial charge < -0.3 is 14.4 Å². The number of ether oxygens (including phenoxy) is 1. The van der Waals surface area contributed by atoms with E-state index in [1.165, 1.54) is 11.6 Å². The van der Waals surface area contributed by atoms with Gasteiger partial charge >= 0.3 is 5.69 Å². The van der Waals surface area contributed by atoms with Gasteiger partial charge in [-0.1, -0.05) is 48.0 Å². The Morgan fingerprint density at radius 1 is 1.00 bits per heavy atom. The van der Waals surface area contributed by atoms with Gasteiger partial charge in [-0.3, -0.25) is 13.9 Å². The summed E-state index contributed by atoms with van der Waals surface area (Å²) in [5, 5.41) is 11.1. The third kappa shape index (κ3) is 2.99. The first-order chi connectivity index (χ1) is 15.6. The van der Waals surface area contributed by atoms with Crippen molar-refractivity contribution in [2.75, 3.05) is 6.61 Å². The molecule has 7 heteroatoms. The zero-order valence-electron chi connectivity index (χ0n) is 19.4. The number of aromatic hydroxyl groups is 1. The molecule has 0 amide bonds. The van der Waals surface area contributed by atoms with Crippen LogP contribution in [-0.2, 0) is 24.4 Å². The van der Waals surface area contributed by atoms with E-state index in [0.717, 1.165) is 21.4 Å². The van der Waals surface area contributed by atoms with E-state index in [-0.39, 0.29) is 11.3 Å². The van der Waals surface area contributed by atoms with E-state index in [0.29, 0.717) is 28.8 Å². The van der Waals surface area contributed by atoms with Crippen molar-refractivity contribution in [2.45, 2.75) is 32.4 Å². The fourth-order valence-electron chi connectivity index (χ4n) is 4.93. The number of phenols is 1. The Morgan fingerprint density at radius 3 is 2.33 bits per heavy atom. The second-order valence-electron chi connectivity index (χ2n) is 9.43. The highest BCUT2D eigenvalue weighted by atomic mass is 16.5. The van der Waals surface area contributed by atoms with Crippen LogP contribution in [0.15, 0.2) is 58.1 Å². The number of aromatic nitrogens is 3. The van der Waals surface area contributed by atoms with Crippen LogP contribution in [-0.4, -0.2) is 25.4 Å². The van der Waals surface area contributed by atoms with Gasteiger partial charge in [0.25, 0.3) is 5.56 Å². The largest absolute Gasteiger partial charge is 0.508 e. The maximum absolute atomic E-state index is 13.5. The first-order valence-electron chi connectivity index (χ1n) is 10.9. The molecule has 2 aromatic heterocycles. The van der Waals surface area contributed by atoms with Gasteiger partial charge in [-0.2, -0.15) is 0 Å². The van der Waals surface area contributed by atoms with Crippen molar-refractivity contribution in [3.05, 3.63) is 86.2 Å². The minimum atomic E-state index is -0.640. The molecule has 0 radical (unpaired) electrons. The van der Waals surface area contributed by atoms with Crippen molar-refractivity contribution in [2.24, 2.45) is 14.1 Å². The van der Waals surface area contributed by atoms with Crippen LogP contribution in [0, 0.1) is 6.92 Å². The van der Waals surface area contributed by atoms with Gasteiger partial charge in [-0.25, -0.2) is 4.79 Å². The summed E-state index contributed by atoms with van der Waals surface area (Å²) in [4.78, 5) is 26.5. The highest BCUT2D eigenvalue weighted by molar-refractivity contribution is 5.97. The van der Waals surface area contributed by atoms with Crippen LogP contribution in [0.3, 0.4) is 0 Å². The second-order valence-corrected chi connectivity index (χ2v) is 9.43. The molecule has 170 valence electrons. The minimum absolute atomic E-state index is 0.105. The van der Waals surface area contributed by atoms with Crippen molar-refractivity contribution in [1.82, 2.24) is 13.7 Å². The van der Waals surface area contributed by atoms with Crippen LogP contribution in [0.5, 0.6) is 5.75 Å². The van der Waals surface area contributed by atoms with Gasteiger partial charge in [-0.05, 0) is 32.4 Å². The van der Waals surface area contributed by atoms with Crippen molar-refractivity contribution in [1.29, 1.82) is 0 Å². The van der Waals surface area contributed by atoms with Crippen LogP contribution in [0.2, 0.25) is 0 Å². The molecule has 0 aliphatic carbocycles. The van der Waals surface area contributed by atoms with E-state index in [1.54, 1.807) is 19.2 Å². The number of rotatable bonds is 2. The Morgan fingerprint density at radius 2 is 1.67 bits per heavy atom. The molecule has 1 atom stereocenters. The number of nitrogens with zero attached hydrogens (tertiary/aromatic N) is 3. The topological polar surface area (TPSA) is 78.4 Å². The lowest BCUT2D eigenvalue weighted by molar-refractivity contribution is -0.00798. The molecule has 0 spiro atoms. The van der Waals surface area contributed by atoms with Crippen LogP contribution < -0.4 is 11.2 Å². The molecule has 0 bridgehead atoms. The first-order valence-corrected chi connectivity index (χ1v) is 10.9. The summed E-state index contributed by atoms with van der Waals surface area (Å²) in [6.07, 6.45) is -0.640. The highest BCUT2D eigenvalue weighted by Crippen LogP contribution is 2.46. The molecule has 0 saturated heterocycles. The summed E-state index contributed by atoms with van der Waals surface area (Å²) in [5.74, 6) is 0.105. The molecule has 1 aliphatic heterocycles. The third-order valence-corrected chi connectivity index (χ3v) is 6.61. The second kappa shape index (κ2) is 7.22. The van der Waals surface area contributed by atoms with E-state index in [1.807, 2.05) is 43.3 Å². The number of phenolic OH excluding ortho intramolecular Hbond substituents is 1. The molecule has 0 fully saturated rings. The first kappa shape index (κ1) is 21.3. The molecule has 2 aromatic carbocycles. The van der Waals surface area contributed by atoms with E-state index in [9.17, 15) is 14.7 Å². The van der Waals surface area contributed by atoms with Crippen molar-refractivity contribution in [3.8, 4) is 17.0 Å². The van der Waals surface area contributed by atoms with Crippen LogP contribution >= 0.6 is 0 Å². The SMILES string of the molecule is Cc1ccc(-c2c3c(=O)n(C)c(=O)n(C)c3c3n2C(C)(C)CO[C@H]3c2ccccc2O)cc1. The number of hydrogen-bond acceptors (Lipinski definition) is 4. The molecular weight excluding hydrogens is 418 g/mol. The average molecular weight is 446 g/mol. The summed E-state index contributed by atoms with van der Waals surface area (Å²) in [6.45, 7) is 6.49. The predicted molar refractivity (Wildman–Crippen MR) is 128 cm³/mol. The molecule has 7 nitrogen and oxygen atoms in total.